The summed E-state index contributed by atoms with van der Waals surface area (Å²) < 4.78 is 0. The third kappa shape index (κ3) is 4.64. The molecule has 5 heteroatoms. The van der Waals surface area contributed by atoms with Gasteiger partial charge in [-0.1, -0.05) is 78.3 Å². The summed E-state index contributed by atoms with van der Waals surface area (Å²) in [6.07, 6.45) is 0.207. The van der Waals surface area contributed by atoms with Crippen LogP contribution >= 0.6 is 11.6 Å². The van der Waals surface area contributed by atoms with Gasteiger partial charge in [0.15, 0.2) is 0 Å². The van der Waals surface area contributed by atoms with Crippen LogP contribution in [0.4, 0.5) is 5.69 Å². The second-order valence-electron chi connectivity index (χ2n) is 7.91. The Kier molecular flexibility index (Phi) is 6.38. The fourth-order valence-electron chi connectivity index (χ4n) is 4.15. The standard InChI is InChI=1S/C26H25ClN2O2/c1-18-23(27)13-8-14-24(18)29-17-21(15-25(29)30)26(31)28-16-22(19-9-4-2-5-10-19)20-11-6-3-7-12-20/h2-14,21-22H,15-17H2,1H3,(H,28,31)/t21-/m0/s1. The van der Waals surface area contributed by atoms with Crippen LogP contribution in [-0.2, 0) is 9.59 Å². The normalized spacial score (nSPS) is 16.0. The molecule has 1 N–H and O–H groups in total. The van der Waals surface area contributed by atoms with E-state index in [1.165, 1.54) is 0 Å². The van der Waals surface area contributed by atoms with Gasteiger partial charge in [0, 0.05) is 36.1 Å². The van der Waals surface area contributed by atoms with Gasteiger partial charge in [-0.05, 0) is 35.7 Å². The number of halogens is 1. The summed E-state index contributed by atoms with van der Waals surface area (Å²) >= 11 is 6.22. The van der Waals surface area contributed by atoms with Crippen molar-refractivity contribution < 1.29 is 9.59 Å². The van der Waals surface area contributed by atoms with E-state index in [9.17, 15) is 9.59 Å². The van der Waals surface area contributed by atoms with Gasteiger partial charge in [0.05, 0.1) is 5.92 Å². The second-order valence-corrected chi connectivity index (χ2v) is 8.32. The lowest BCUT2D eigenvalue weighted by molar-refractivity contribution is -0.126. The van der Waals surface area contributed by atoms with Gasteiger partial charge < -0.3 is 10.2 Å². The average molecular weight is 433 g/mol. The van der Waals surface area contributed by atoms with Gasteiger partial charge in [0.2, 0.25) is 11.8 Å². The van der Waals surface area contributed by atoms with E-state index in [1.54, 1.807) is 11.0 Å². The lowest BCUT2D eigenvalue weighted by atomic mass is 9.91. The molecule has 1 heterocycles. The zero-order valence-corrected chi connectivity index (χ0v) is 18.2. The SMILES string of the molecule is Cc1c(Cl)cccc1N1C[C@@H](C(=O)NCC(c2ccccc2)c2ccccc2)CC1=O. The summed E-state index contributed by atoms with van der Waals surface area (Å²) in [5.74, 6) is -0.464. The highest BCUT2D eigenvalue weighted by Gasteiger charge is 2.36. The number of nitrogens with one attached hydrogen (secondary N) is 1. The molecule has 1 saturated heterocycles. The van der Waals surface area contributed by atoms with E-state index in [4.69, 9.17) is 11.6 Å². The Morgan fingerprint density at radius 3 is 2.23 bits per heavy atom. The molecule has 0 spiro atoms. The molecule has 0 aliphatic carbocycles. The highest BCUT2D eigenvalue weighted by molar-refractivity contribution is 6.31. The van der Waals surface area contributed by atoms with Crippen molar-refractivity contribution in [2.75, 3.05) is 18.0 Å². The van der Waals surface area contributed by atoms with E-state index in [1.807, 2.05) is 55.5 Å². The lowest BCUT2D eigenvalue weighted by Crippen LogP contribution is -2.35. The van der Waals surface area contributed by atoms with Crippen LogP contribution in [0.1, 0.15) is 29.0 Å². The third-order valence-corrected chi connectivity index (χ3v) is 6.32. The van der Waals surface area contributed by atoms with Crippen molar-refractivity contribution in [3.05, 3.63) is 101 Å². The van der Waals surface area contributed by atoms with E-state index in [-0.39, 0.29) is 30.1 Å². The van der Waals surface area contributed by atoms with Crippen LogP contribution in [0, 0.1) is 12.8 Å². The van der Waals surface area contributed by atoms with Gasteiger partial charge in [-0.25, -0.2) is 0 Å². The zero-order chi connectivity index (χ0) is 21.8. The summed E-state index contributed by atoms with van der Waals surface area (Å²) in [5, 5.41) is 3.71. The number of rotatable bonds is 6. The van der Waals surface area contributed by atoms with Crippen LogP contribution < -0.4 is 10.2 Å². The molecule has 3 aromatic carbocycles. The van der Waals surface area contributed by atoms with Crippen LogP contribution in [0.3, 0.4) is 0 Å². The first-order chi connectivity index (χ1) is 15.0. The van der Waals surface area contributed by atoms with Crippen molar-refractivity contribution in [2.45, 2.75) is 19.3 Å². The van der Waals surface area contributed by atoms with Crippen LogP contribution in [0.25, 0.3) is 0 Å². The number of carbonyl (C=O) groups is 2. The molecule has 1 atom stereocenters. The predicted molar refractivity (Wildman–Crippen MR) is 124 cm³/mol. The minimum atomic E-state index is -0.377. The largest absolute Gasteiger partial charge is 0.355 e. The van der Waals surface area contributed by atoms with Gasteiger partial charge in [0.1, 0.15) is 0 Å². The van der Waals surface area contributed by atoms with Crippen molar-refractivity contribution in [2.24, 2.45) is 5.92 Å². The lowest BCUT2D eigenvalue weighted by Gasteiger charge is -2.21. The molecule has 4 rings (SSSR count). The number of nitrogens with zero attached hydrogens (tertiary/aromatic N) is 1. The summed E-state index contributed by atoms with van der Waals surface area (Å²) in [6, 6.07) is 25.8. The molecule has 2 amide bonds. The number of carbonyl (C=O) groups excluding carboxylic acids is 2. The third-order valence-electron chi connectivity index (χ3n) is 5.91. The first-order valence-corrected chi connectivity index (χ1v) is 10.9. The van der Waals surface area contributed by atoms with Crippen LogP contribution in [-0.4, -0.2) is 24.9 Å². The average Bonchev–Trinajstić information content (AvgIpc) is 3.18. The Bertz CT molecular complexity index is 1030. The Morgan fingerprint density at radius 2 is 1.61 bits per heavy atom. The molecule has 0 aromatic heterocycles. The molecule has 0 bridgehead atoms. The summed E-state index contributed by atoms with van der Waals surface area (Å²) in [6.45, 7) is 2.74. The smallest absolute Gasteiger partial charge is 0.227 e. The first kappa shape index (κ1) is 21.1. The second kappa shape index (κ2) is 9.36. The van der Waals surface area contributed by atoms with Crippen LogP contribution in [0.15, 0.2) is 78.9 Å². The maximum absolute atomic E-state index is 13.0. The van der Waals surface area contributed by atoms with E-state index >= 15 is 0 Å². The monoisotopic (exact) mass is 432 g/mol. The zero-order valence-electron chi connectivity index (χ0n) is 17.4. The molecule has 1 aliphatic rings. The van der Waals surface area contributed by atoms with E-state index < -0.39 is 0 Å². The van der Waals surface area contributed by atoms with Crippen LogP contribution in [0.5, 0.6) is 0 Å². The van der Waals surface area contributed by atoms with Crippen molar-refractivity contribution in [1.82, 2.24) is 5.32 Å². The molecule has 0 saturated carbocycles. The molecule has 0 unspecified atom stereocenters. The highest BCUT2D eigenvalue weighted by Crippen LogP contribution is 2.31. The van der Waals surface area contributed by atoms with E-state index in [0.29, 0.717) is 18.1 Å². The first-order valence-electron chi connectivity index (χ1n) is 10.5. The molecule has 1 aliphatic heterocycles. The predicted octanol–water partition coefficient (Wildman–Crippen LogP) is 4.95. The Hall–Kier alpha value is -3.11. The van der Waals surface area contributed by atoms with Crippen molar-refractivity contribution in [3.63, 3.8) is 0 Å². The molecule has 158 valence electrons. The molecule has 31 heavy (non-hydrogen) atoms. The van der Waals surface area contributed by atoms with Crippen molar-refractivity contribution in [1.29, 1.82) is 0 Å². The molecular formula is C26H25ClN2O2. The van der Waals surface area contributed by atoms with Crippen molar-refractivity contribution in [3.8, 4) is 0 Å². The summed E-state index contributed by atoms with van der Waals surface area (Å²) in [5.41, 5.74) is 3.92. The highest BCUT2D eigenvalue weighted by atomic mass is 35.5. The minimum Gasteiger partial charge on any atom is -0.355 e. The fourth-order valence-corrected chi connectivity index (χ4v) is 4.32. The van der Waals surface area contributed by atoms with Gasteiger partial charge in [-0.2, -0.15) is 0 Å². The summed E-state index contributed by atoms with van der Waals surface area (Å²) in [7, 11) is 0. The molecule has 0 radical (unpaired) electrons. The molecule has 1 fully saturated rings. The van der Waals surface area contributed by atoms with Gasteiger partial charge in [-0.3, -0.25) is 9.59 Å². The van der Waals surface area contributed by atoms with Gasteiger partial charge in [-0.15, -0.1) is 0 Å². The minimum absolute atomic E-state index is 0.0480. The Balaban J connectivity index is 1.46. The van der Waals surface area contributed by atoms with Crippen LogP contribution in [0.2, 0.25) is 5.02 Å². The number of benzene rings is 3. The quantitative estimate of drug-likeness (QED) is 0.599. The number of hydrogen-bond acceptors (Lipinski definition) is 2. The Morgan fingerprint density at radius 1 is 1.00 bits per heavy atom. The van der Waals surface area contributed by atoms with Gasteiger partial charge in [0.25, 0.3) is 0 Å². The number of hydrogen-bond donors (Lipinski definition) is 1. The van der Waals surface area contributed by atoms with Crippen molar-refractivity contribution >= 4 is 29.1 Å². The fraction of sp³-hybridized carbons (Fsp3) is 0.231. The maximum atomic E-state index is 13.0. The maximum Gasteiger partial charge on any atom is 0.227 e. The molecular weight excluding hydrogens is 408 g/mol. The van der Waals surface area contributed by atoms with E-state index in [0.717, 1.165) is 22.4 Å². The van der Waals surface area contributed by atoms with Gasteiger partial charge >= 0.3 is 0 Å². The Labute approximate surface area is 187 Å². The molecule has 4 nitrogen and oxygen atoms in total. The van der Waals surface area contributed by atoms with E-state index in [2.05, 4.69) is 29.6 Å². The number of anilines is 1. The number of amides is 2. The summed E-state index contributed by atoms with van der Waals surface area (Å²) in [4.78, 5) is 27.3. The molecule has 3 aromatic rings. The topological polar surface area (TPSA) is 49.4 Å².